The fourth-order valence-corrected chi connectivity index (χ4v) is 4.08. The molecule has 2 N–H and O–H groups in total. The van der Waals surface area contributed by atoms with E-state index in [1.54, 1.807) is 24.5 Å². The highest BCUT2D eigenvalue weighted by atomic mass is 16.5. The standard InChI is InChI=1S/C26H26N6O3/c1-30-12-14-31(15-13-30)20-10-8-19(9-11-20)25(33)27-24-21-16-32(17-22(21)28-29-24)26(34)23(35-2)18-6-4-3-5-7-18/h3-12,14,16-17,23,28H,13,15H2,1-2H3,(H,27,29,33)/t23-/m1/s1. The predicted molar refractivity (Wildman–Crippen MR) is 134 cm³/mol. The molecule has 1 atom stereocenters. The first kappa shape index (κ1) is 22.4. The summed E-state index contributed by atoms with van der Waals surface area (Å²) in [6.45, 7) is 1.82. The Morgan fingerprint density at radius 3 is 2.49 bits per heavy atom. The summed E-state index contributed by atoms with van der Waals surface area (Å²) in [5.41, 5.74) is 2.94. The fourth-order valence-electron chi connectivity index (χ4n) is 4.08. The molecule has 0 unspecified atom stereocenters. The van der Waals surface area contributed by atoms with E-state index in [9.17, 15) is 9.59 Å². The van der Waals surface area contributed by atoms with Crippen molar-refractivity contribution < 1.29 is 14.3 Å². The third-order valence-corrected chi connectivity index (χ3v) is 6.07. The van der Waals surface area contributed by atoms with Gasteiger partial charge in [-0.05, 0) is 29.8 Å². The molecule has 4 aromatic rings. The summed E-state index contributed by atoms with van der Waals surface area (Å²) in [7, 11) is 3.54. The van der Waals surface area contributed by atoms with E-state index >= 15 is 0 Å². The predicted octanol–water partition coefficient (Wildman–Crippen LogP) is 3.87. The number of H-pyrrole nitrogens is 1. The van der Waals surface area contributed by atoms with Crippen molar-refractivity contribution in [3.63, 3.8) is 0 Å². The minimum Gasteiger partial charge on any atom is -0.377 e. The maximum Gasteiger partial charge on any atom is 0.264 e. The van der Waals surface area contributed by atoms with Crippen LogP contribution in [0.2, 0.25) is 0 Å². The topological polar surface area (TPSA) is 95.5 Å². The number of amides is 1. The van der Waals surface area contributed by atoms with Crippen LogP contribution in [0.1, 0.15) is 26.8 Å². The van der Waals surface area contributed by atoms with Crippen molar-refractivity contribution in [2.45, 2.75) is 6.10 Å². The lowest BCUT2D eigenvalue weighted by atomic mass is 10.1. The van der Waals surface area contributed by atoms with Crippen molar-refractivity contribution in [2.24, 2.45) is 0 Å². The molecule has 0 saturated carbocycles. The van der Waals surface area contributed by atoms with Crippen molar-refractivity contribution >= 4 is 34.2 Å². The van der Waals surface area contributed by atoms with E-state index in [1.165, 1.54) is 11.7 Å². The second kappa shape index (κ2) is 9.47. The number of fused-ring (bicyclic) bond motifs is 1. The Balaban J connectivity index is 1.31. The van der Waals surface area contributed by atoms with Gasteiger partial charge in [0.1, 0.15) is 0 Å². The number of nitrogens with zero attached hydrogens (tertiary/aromatic N) is 4. The zero-order valence-corrected chi connectivity index (χ0v) is 19.5. The Kier molecular flexibility index (Phi) is 6.07. The van der Waals surface area contributed by atoms with Gasteiger partial charge in [-0.2, -0.15) is 5.10 Å². The van der Waals surface area contributed by atoms with Gasteiger partial charge in [-0.15, -0.1) is 0 Å². The lowest BCUT2D eigenvalue weighted by Crippen LogP contribution is -2.32. The largest absolute Gasteiger partial charge is 0.377 e. The molecule has 0 fully saturated rings. The summed E-state index contributed by atoms with van der Waals surface area (Å²) in [6.07, 6.45) is 6.60. The first-order chi connectivity index (χ1) is 17.0. The van der Waals surface area contributed by atoms with E-state index in [0.717, 1.165) is 24.3 Å². The summed E-state index contributed by atoms with van der Waals surface area (Å²) < 4.78 is 6.92. The van der Waals surface area contributed by atoms with Crippen LogP contribution < -0.4 is 10.2 Å². The highest BCUT2D eigenvalue weighted by Gasteiger charge is 2.23. The van der Waals surface area contributed by atoms with E-state index < -0.39 is 6.10 Å². The van der Waals surface area contributed by atoms with Crippen LogP contribution in [-0.4, -0.2) is 58.7 Å². The number of methoxy groups -OCH3 is 1. The van der Waals surface area contributed by atoms with Gasteiger partial charge < -0.3 is 19.9 Å². The molecule has 0 radical (unpaired) electrons. The van der Waals surface area contributed by atoms with E-state index in [4.69, 9.17) is 4.74 Å². The smallest absolute Gasteiger partial charge is 0.264 e. The van der Waals surface area contributed by atoms with Crippen LogP contribution >= 0.6 is 0 Å². The number of benzene rings is 2. The molecule has 178 valence electrons. The lowest BCUT2D eigenvalue weighted by molar-refractivity contribution is 0.0515. The van der Waals surface area contributed by atoms with E-state index in [1.807, 2.05) is 61.9 Å². The molecule has 0 bridgehead atoms. The Labute approximate surface area is 202 Å². The minimum atomic E-state index is -0.743. The second-order valence-electron chi connectivity index (χ2n) is 8.40. The van der Waals surface area contributed by atoms with Crippen LogP contribution in [0.25, 0.3) is 10.9 Å². The Morgan fingerprint density at radius 2 is 1.80 bits per heavy atom. The molecule has 2 aromatic carbocycles. The van der Waals surface area contributed by atoms with Crippen molar-refractivity contribution in [3.8, 4) is 0 Å². The third kappa shape index (κ3) is 4.53. The van der Waals surface area contributed by atoms with E-state index in [-0.39, 0.29) is 11.8 Å². The molecule has 1 aliphatic rings. The van der Waals surface area contributed by atoms with Gasteiger partial charge in [0.25, 0.3) is 11.8 Å². The summed E-state index contributed by atoms with van der Waals surface area (Å²) in [5.74, 6) is -0.164. The number of ether oxygens (including phenoxy) is 1. The van der Waals surface area contributed by atoms with Crippen LogP contribution in [0.4, 0.5) is 11.5 Å². The molecule has 0 spiro atoms. The highest BCUT2D eigenvalue weighted by Crippen LogP contribution is 2.25. The van der Waals surface area contributed by atoms with Crippen LogP contribution in [0, 0.1) is 0 Å². The molecule has 5 rings (SSSR count). The number of nitrogens with one attached hydrogen (secondary N) is 2. The monoisotopic (exact) mass is 470 g/mol. The van der Waals surface area contributed by atoms with Gasteiger partial charge in [0.2, 0.25) is 0 Å². The molecule has 35 heavy (non-hydrogen) atoms. The third-order valence-electron chi connectivity index (χ3n) is 6.07. The number of carbonyl (C=O) groups is 2. The SMILES string of the molecule is CO[C@@H](C(=O)n1cc2[nH]nc(NC(=O)c3ccc(N4C=CN(C)CC4)cc3)c2c1)c1ccccc1. The molecule has 3 heterocycles. The van der Waals surface area contributed by atoms with Crippen LogP contribution in [0.15, 0.2) is 79.4 Å². The van der Waals surface area contributed by atoms with Gasteiger partial charge in [0.15, 0.2) is 11.9 Å². The number of hydrogen-bond acceptors (Lipinski definition) is 6. The second-order valence-corrected chi connectivity index (χ2v) is 8.40. The highest BCUT2D eigenvalue weighted by molar-refractivity contribution is 6.08. The maximum absolute atomic E-state index is 13.1. The van der Waals surface area contributed by atoms with Crippen LogP contribution in [-0.2, 0) is 4.74 Å². The van der Waals surface area contributed by atoms with Crippen LogP contribution in [0.5, 0.6) is 0 Å². The molecule has 0 aliphatic carbocycles. The first-order valence-corrected chi connectivity index (χ1v) is 11.3. The number of aromatic nitrogens is 3. The summed E-state index contributed by atoms with van der Waals surface area (Å²) >= 11 is 0. The Morgan fingerprint density at radius 1 is 1.03 bits per heavy atom. The molecule has 1 aliphatic heterocycles. The normalized spacial score (nSPS) is 14.3. The summed E-state index contributed by atoms with van der Waals surface area (Å²) in [5, 5.41) is 10.6. The number of rotatable bonds is 6. The van der Waals surface area contributed by atoms with Crippen molar-refractivity contribution in [2.75, 3.05) is 37.5 Å². The minimum absolute atomic E-state index is 0.242. The summed E-state index contributed by atoms with van der Waals surface area (Å²) in [4.78, 5) is 30.2. The molecule has 2 aromatic heterocycles. The number of likely N-dealkylation sites (N-methyl/N-ethyl adjacent to an activating group) is 1. The van der Waals surface area contributed by atoms with Gasteiger partial charge >= 0.3 is 0 Å². The Hall–Kier alpha value is -4.37. The molecule has 1 amide bonds. The average molecular weight is 471 g/mol. The van der Waals surface area contributed by atoms with Crippen molar-refractivity contribution in [1.29, 1.82) is 0 Å². The van der Waals surface area contributed by atoms with E-state index in [0.29, 0.717) is 22.3 Å². The van der Waals surface area contributed by atoms with Gasteiger partial charge in [-0.25, -0.2) is 0 Å². The maximum atomic E-state index is 13.1. The quantitative estimate of drug-likeness (QED) is 0.444. The zero-order valence-electron chi connectivity index (χ0n) is 19.5. The first-order valence-electron chi connectivity index (χ1n) is 11.3. The fraction of sp³-hybridized carbons (Fsp3) is 0.192. The molecule has 0 saturated heterocycles. The molecule has 9 nitrogen and oxygen atoms in total. The summed E-state index contributed by atoms with van der Waals surface area (Å²) in [6, 6.07) is 16.7. The molecular formula is C26H26N6O3. The lowest BCUT2D eigenvalue weighted by Gasteiger charge is -2.28. The Bertz CT molecular complexity index is 1370. The van der Waals surface area contributed by atoms with E-state index in [2.05, 4.69) is 25.3 Å². The number of anilines is 2. The van der Waals surface area contributed by atoms with Crippen LogP contribution in [0.3, 0.4) is 0 Å². The average Bonchev–Trinajstić information content (AvgIpc) is 3.48. The zero-order chi connectivity index (χ0) is 24.4. The van der Waals surface area contributed by atoms with Gasteiger partial charge in [0, 0.05) is 63.3 Å². The number of aromatic amines is 1. The van der Waals surface area contributed by atoms with Crippen molar-refractivity contribution in [3.05, 3.63) is 90.5 Å². The van der Waals surface area contributed by atoms with Gasteiger partial charge in [0.05, 0.1) is 10.9 Å². The number of carbonyl (C=O) groups excluding carboxylic acids is 2. The molecular weight excluding hydrogens is 444 g/mol. The van der Waals surface area contributed by atoms with Gasteiger partial charge in [-0.3, -0.25) is 19.3 Å². The van der Waals surface area contributed by atoms with Gasteiger partial charge in [-0.1, -0.05) is 30.3 Å². The van der Waals surface area contributed by atoms with Crippen molar-refractivity contribution in [1.82, 2.24) is 19.7 Å². The number of hydrogen-bond donors (Lipinski definition) is 2. The molecule has 9 heteroatoms.